The van der Waals surface area contributed by atoms with Crippen molar-refractivity contribution >= 4 is 11.9 Å². The van der Waals surface area contributed by atoms with Gasteiger partial charge in [-0.25, -0.2) is 4.79 Å². The molecule has 3 rings (SSSR count). The molecule has 0 aliphatic carbocycles. The minimum atomic E-state index is -0.357. The fraction of sp³-hybridized carbons (Fsp3) is 0.412. The van der Waals surface area contributed by atoms with Crippen LogP contribution in [0.4, 0.5) is 4.79 Å². The monoisotopic (exact) mass is 299 g/mol. The van der Waals surface area contributed by atoms with Gasteiger partial charge in [0.25, 0.3) is 5.91 Å². The molecule has 2 aliphatic heterocycles. The van der Waals surface area contributed by atoms with Crippen LogP contribution in [0, 0.1) is 5.92 Å². The van der Waals surface area contributed by atoms with Gasteiger partial charge in [0.15, 0.2) is 0 Å². The van der Waals surface area contributed by atoms with Crippen LogP contribution in [0.2, 0.25) is 0 Å². The van der Waals surface area contributed by atoms with E-state index in [0.717, 1.165) is 11.3 Å². The van der Waals surface area contributed by atoms with E-state index >= 15 is 0 Å². The number of urea groups is 1. The lowest BCUT2D eigenvalue weighted by atomic mass is 9.96. The number of hydrogen-bond donors (Lipinski definition) is 1. The maximum Gasteiger partial charge on any atom is 0.322 e. The van der Waals surface area contributed by atoms with Gasteiger partial charge in [0.05, 0.1) is 23.9 Å². The number of amides is 3. The molecule has 2 heterocycles. The number of likely N-dealkylation sites (N-methyl/N-ethyl adjacent to an activating group) is 1. The molecule has 0 bridgehead atoms. The number of rotatable bonds is 3. The van der Waals surface area contributed by atoms with Gasteiger partial charge in [-0.3, -0.25) is 9.69 Å². The van der Waals surface area contributed by atoms with Gasteiger partial charge in [0, 0.05) is 13.6 Å². The summed E-state index contributed by atoms with van der Waals surface area (Å²) in [6.07, 6.45) is 0. The topological polar surface area (TPSA) is 52.7 Å². The molecule has 2 aliphatic rings. The van der Waals surface area contributed by atoms with Crippen LogP contribution in [-0.2, 0) is 4.79 Å². The van der Waals surface area contributed by atoms with Crippen LogP contribution in [0.5, 0.6) is 0 Å². The Balaban J connectivity index is 1.99. The van der Waals surface area contributed by atoms with Crippen molar-refractivity contribution in [1.82, 2.24) is 15.1 Å². The van der Waals surface area contributed by atoms with E-state index in [2.05, 4.69) is 19.2 Å². The van der Waals surface area contributed by atoms with Gasteiger partial charge in [0.2, 0.25) is 0 Å². The third-order valence-electron chi connectivity index (χ3n) is 4.15. The smallest absolute Gasteiger partial charge is 0.322 e. The number of hydrogen-bond acceptors (Lipinski definition) is 2. The summed E-state index contributed by atoms with van der Waals surface area (Å²) in [6.45, 7) is 5.40. The van der Waals surface area contributed by atoms with Crippen LogP contribution in [-0.4, -0.2) is 41.9 Å². The molecular weight excluding hydrogens is 278 g/mol. The van der Waals surface area contributed by atoms with Crippen molar-refractivity contribution in [3.63, 3.8) is 0 Å². The highest BCUT2D eigenvalue weighted by molar-refractivity contribution is 6.01. The van der Waals surface area contributed by atoms with E-state index in [4.69, 9.17) is 0 Å². The maximum atomic E-state index is 12.8. The molecule has 0 spiro atoms. The fourth-order valence-corrected chi connectivity index (χ4v) is 3.11. The van der Waals surface area contributed by atoms with Gasteiger partial charge >= 0.3 is 6.03 Å². The summed E-state index contributed by atoms with van der Waals surface area (Å²) in [5, 5.41) is 2.94. The lowest BCUT2D eigenvalue weighted by molar-refractivity contribution is -0.126. The Hall–Kier alpha value is -2.30. The van der Waals surface area contributed by atoms with E-state index in [1.807, 2.05) is 35.2 Å². The van der Waals surface area contributed by atoms with Crippen molar-refractivity contribution in [2.75, 3.05) is 20.1 Å². The molecular formula is C17H21N3O2. The molecule has 5 nitrogen and oxygen atoms in total. The van der Waals surface area contributed by atoms with E-state index < -0.39 is 0 Å². The van der Waals surface area contributed by atoms with E-state index in [0.29, 0.717) is 24.6 Å². The Morgan fingerprint density at radius 2 is 1.91 bits per heavy atom. The summed E-state index contributed by atoms with van der Waals surface area (Å²) in [7, 11) is 1.72. The van der Waals surface area contributed by atoms with Crippen molar-refractivity contribution < 1.29 is 9.59 Å². The van der Waals surface area contributed by atoms with Crippen LogP contribution >= 0.6 is 0 Å². The number of benzene rings is 1. The van der Waals surface area contributed by atoms with Crippen LogP contribution < -0.4 is 5.32 Å². The van der Waals surface area contributed by atoms with Crippen molar-refractivity contribution in [3.8, 4) is 0 Å². The van der Waals surface area contributed by atoms with Crippen molar-refractivity contribution in [1.29, 1.82) is 0 Å². The van der Waals surface area contributed by atoms with E-state index in [-0.39, 0.29) is 18.0 Å². The molecule has 0 saturated heterocycles. The van der Waals surface area contributed by atoms with E-state index in [9.17, 15) is 9.59 Å². The second-order valence-electron chi connectivity index (χ2n) is 6.29. The predicted octanol–water partition coefficient (Wildman–Crippen LogP) is 2.13. The number of nitrogens with zero attached hydrogens (tertiary/aromatic N) is 2. The molecule has 0 aromatic heterocycles. The summed E-state index contributed by atoms with van der Waals surface area (Å²) < 4.78 is 0. The van der Waals surface area contributed by atoms with E-state index in [1.165, 1.54) is 0 Å². The SMILES string of the molecule is CC(C)CN1CC2=C(C1=O)[C@@H](c1ccccc1)NC(=O)N2C. The summed E-state index contributed by atoms with van der Waals surface area (Å²) in [4.78, 5) is 28.4. The van der Waals surface area contributed by atoms with Crippen molar-refractivity contribution in [3.05, 3.63) is 47.2 Å². The zero-order valence-corrected chi connectivity index (χ0v) is 13.2. The van der Waals surface area contributed by atoms with E-state index in [1.54, 1.807) is 11.9 Å². The lowest BCUT2D eigenvalue weighted by Gasteiger charge is -2.31. The van der Waals surface area contributed by atoms with Gasteiger partial charge in [0.1, 0.15) is 0 Å². The number of carbonyl (C=O) groups excluding carboxylic acids is 2. The average Bonchev–Trinajstić information content (AvgIpc) is 2.81. The number of nitrogens with one attached hydrogen (secondary N) is 1. The molecule has 0 fully saturated rings. The highest BCUT2D eigenvalue weighted by Crippen LogP contribution is 2.35. The Morgan fingerprint density at radius 3 is 2.55 bits per heavy atom. The van der Waals surface area contributed by atoms with Gasteiger partial charge in [-0.05, 0) is 11.5 Å². The van der Waals surface area contributed by atoms with Gasteiger partial charge in [-0.1, -0.05) is 44.2 Å². The molecule has 116 valence electrons. The maximum absolute atomic E-state index is 12.8. The van der Waals surface area contributed by atoms with Crippen molar-refractivity contribution in [2.45, 2.75) is 19.9 Å². The second-order valence-corrected chi connectivity index (χ2v) is 6.29. The van der Waals surface area contributed by atoms with Gasteiger partial charge in [-0.2, -0.15) is 0 Å². The summed E-state index contributed by atoms with van der Waals surface area (Å²) in [5.74, 6) is 0.429. The third-order valence-corrected chi connectivity index (χ3v) is 4.15. The lowest BCUT2D eigenvalue weighted by Crippen LogP contribution is -2.45. The first-order chi connectivity index (χ1) is 10.5. The molecule has 0 saturated carbocycles. The molecule has 0 unspecified atom stereocenters. The Labute approximate surface area is 130 Å². The standard InChI is InChI=1S/C17H21N3O2/c1-11(2)9-20-10-13-14(16(20)21)15(18-17(22)19(13)3)12-7-5-4-6-8-12/h4-8,11,15H,9-10H2,1-3H3,(H,18,22)/t15-/m1/s1. The summed E-state index contributed by atoms with van der Waals surface area (Å²) in [6, 6.07) is 9.14. The van der Waals surface area contributed by atoms with Crippen LogP contribution in [0.25, 0.3) is 0 Å². The molecule has 1 aromatic carbocycles. The predicted molar refractivity (Wildman–Crippen MR) is 83.9 cm³/mol. The normalized spacial score (nSPS) is 21.5. The molecule has 1 atom stereocenters. The van der Waals surface area contributed by atoms with Gasteiger partial charge < -0.3 is 10.2 Å². The first kappa shape index (κ1) is 14.6. The van der Waals surface area contributed by atoms with Crippen molar-refractivity contribution in [2.24, 2.45) is 5.92 Å². The van der Waals surface area contributed by atoms with Crippen LogP contribution in [0.15, 0.2) is 41.6 Å². The molecule has 3 amide bonds. The second kappa shape index (κ2) is 5.48. The first-order valence-electron chi connectivity index (χ1n) is 7.60. The zero-order valence-electron chi connectivity index (χ0n) is 13.2. The third kappa shape index (κ3) is 2.36. The fourth-order valence-electron chi connectivity index (χ4n) is 3.11. The minimum Gasteiger partial charge on any atom is -0.333 e. The Morgan fingerprint density at radius 1 is 1.23 bits per heavy atom. The first-order valence-corrected chi connectivity index (χ1v) is 7.60. The zero-order chi connectivity index (χ0) is 15.9. The number of carbonyl (C=O) groups is 2. The van der Waals surface area contributed by atoms with Crippen LogP contribution in [0.1, 0.15) is 25.5 Å². The molecule has 22 heavy (non-hydrogen) atoms. The summed E-state index contributed by atoms with van der Waals surface area (Å²) in [5.41, 5.74) is 2.47. The molecule has 5 heteroatoms. The highest BCUT2D eigenvalue weighted by atomic mass is 16.2. The van der Waals surface area contributed by atoms with Gasteiger partial charge in [-0.15, -0.1) is 0 Å². The molecule has 1 N–H and O–H groups in total. The largest absolute Gasteiger partial charge is 0.333 e. The Bertz CT molecular complexity index is 637. The van der Waals surface area contributed by atoms with Crippen LogP contribution in [0.3, 0.4) is 0 Å². The minimum absolute atomic E-state index is 0.0319. The average molecular weight is 299 g/mol. The summed E-state index contributed by atoms with van der Waals surface area (Å²) >= 11 is 0. The molecule has 1 aromatic rings. The molecule has 0 radical (unpaired) electrons. The quantitative estimate of drug-likeness (QED) is 0.929. The Kier molecular flexibility index (Phi) is 3.64. The highest BCUT2D eigenvalue weighted by Gasteiger charge is 2.42.